The number of nitrogens with zero attached hydrogens (tertiary/aromatic N) is 1. The van der Waals surface area contributed by atoms with Crippen LogP contribution in [-0.4, -0.2) is 29.8 Å². The maximum atomic E-state index is 12.7. The minimum absolute atomic E-state index is 0.00383. The molecule has 1 N–H and O–H groups in total. The van der Waals surface area contributed by atoms with E-state index >= 15 is 0 Å². The highest BCUT2D eigenvalue weighted by Gasteiger charge is 2.36. The lowest BCUT2D eigenvalue weighted by atomic mass is 9.93. The van der Waals surface area contributed by atoms with Crippen LogP contribution in [0.25, 0.3) is 0 Å². The predicted octanol–water partition coefficient (Wildman–Crippen LogP) is 2.99. The van der Waals surface area contributed by atoms with Crippen molar-refractivity contribution in [3.8, 4) is 0 Å². The molecule has 1 aromatic rings. The van der Waals surface area contributed by atoms with Crippen LogP contribution in [0, 0.1) is 18.8 Å². The molecule has 0 bridgehead atoms. The molecule has 2 amide bonds. The normalized spacial score (nSPS) is 19.6. The first-order chi connectivity index (χ1) is 11.6. The van der Waals surface area contributed by atoms with Gasteiger partial charge < -0.3 is 10.2 Å². The molecule has 1 unspecified atom stereocenters. The summed E-state index contributed by atoms with van der Waals surface area (Å²) < 4.78 is 0. The first kappa shape index (κ1) is 16.7. The molecule has 1 saturated heterocycles. The van der Waals surface area contributed by atoms with E-state index in [1.807, 2.05) is 12.1 Å². The van der Waals surface area contributed by atoms with E-state index in [9.17, 15) is 9.59 Å². The van der Waals surface area contributed by atoms with Crippen LogP contribution in [0.1, 0.15) is 42.9 Å². The van der Waals surface area contributed by atoms with E-state index in [1.165, 1.54) is 30.0 Å². The molecular formula is C20H26N2O2. The molecule has 0 radical (unpaired) electrons. The van der Waals surface area contributed by atoms with Gasteiger partial charge in [-0.25, -0.2) is 0 Å². The van der Waals surface area contributed by atoms with Crippen molar-refractivity contribution in [1.29, 1.82) is 0 Å². The third-order valence-corrected chi connectivity index (χ3v) is 5.27. The number of piperidine rings is 1. The highest BCUT2D eigenvalue weighted by Crippen LogP contribution is 2.42. The first-order valence-corrected chi connectivity index (χ1v) is 8.87. The van der Waals surface area contributed by atoms with Gasteiger partial charge in [-0.3, -0.25) is 9.59 Å². The average molecular weight is 326 g/mol. The number of hydrogen-bond acceptors (Lipinski definition) is 2. The van der Waals surface area contributed by atoms with Crippen molar-refractivity contribution in [1.82, 2.24) is 10.2 Å². The molecule has 1 saturated carbocycles. The Hall–Kier alpha value is -2.10. The summed E-state index contributed by atoms with van der Waals surface area (Å²) >= 11 is 0. The van der Waals surface area contributed by atoms with Gasteiger partial charge in [-0.15, -0.1) is 0 Å². The monoisotopic (exact) mass is 326 g/mol. The zero-order chi connectivity index (χ0) is 17.1. The number of likely N-dealkylation sites (tertiary alicyclic amines) is 1. The molecule has 1 aliphatic carbocycles. The fraction of sp³-hybridized carbons (Fsp3) is 0.500. The Morgan fingerprint density at radius 2 is 1.88 bits per heavy atom. The first-order valence-electron chi connectivity index (χ1n) is 8.87. The second kappa shape index (κ2) is 7.20. The van der Waals surface area contributed by atoms with Crippen LogP contribution in [0.4, 0.5) is 0 Å². The van der Waals surface area contributed by atoms with E-state index in [-0.39, 0.29) is 23.8 Å². The van der Waals surface area contributed by atoms with Gasteiger partial charge in [0.15, 0.2) is 0 Å². The van der Waals surface area contributed by atoms with Crippen LogP contribution in [0.2, 0.25) is 0 Å². The van der Waals surface area contributed by atoms with Gasteiger partial charge in [0, 0.05) is 19.0 Å². The summed E-state index contributed by atoms with van der Waals surface area (Å²) in [6.45, 7) is 6.91. The number of amides is 2. The standard InChI is InChI=1S/C20H26N2O2/c1-3-18(23)22-12-10-16(11-13-22)20(24)21-19(15-8-9-15)17-7-5-4-6-14(17)2/h3-7,15-16,19H,1,8-13H2,2H3,(H,21,24). The molecule has 3 rings (SSSR count). The zero-order valence-corrected chi connectivity index (χ0v) is 14.3. The zero-order valence-electron chi connectivity index (χ0n) is 14.3. The van der Waals surface area contributed by atoms with Gasteiger partial charge in [0.2, 0.25) is 11.8 Å². The fourth-order valence-electron chi connectivity index (χ4n) is 3.58. The van der Waals surface area contributed by atoms with Crippen molar-refractivity contribution < 1.29 is 9.59 Å². The van der Waals surface area contributed by atoms with Gasteiger partial charge in [0.25, 0.3) is 0 Å². The minimum atomic E-state index is -0.0374. The topological polar surface area (TPSA) is 49.4 Å². The fourth-order valence-corrected chi connectivity index (χ4v) is 3.58. The maximum absolute atomic E-state index is 12.7. The summed E-state index contributed by atoms with van der Waals surface area (Å²) in [6, 6.07) is 8.45. The smallest absolute Gasteiger partial charge is 0.245 e. The van der Waals surface area contributed by atoms with Crippen LogP contribution >= 0.6 is 0 Å². The van der Waals surface area contributed by atoms with E-state index in [0.717, 1.165) is 12.8 Å². The number of benzene rings is 1. The Morgan fingerprint density at radius 1 is 1.21 bits per heavy atom. The average Bonchev–Trinajstić information content (AvgIpc) is 3.44. The lowest BCUT2D eigenvalue weighted by Crippen LogP contribution is -2.43. The van der Waals surface area contributed by atoms with Gasteiger partial charge in [-0.2, -0.15) is 0 Å². The summed E-state index contributed by atoms with van der Waals surface area (Å²) in [7, 11) is 0. The Bertz CT molecular complexity index is 628. The Kier molecular flexibility index (Phi) is 5.03. The maximum Gasteiger partial charge on any atom is 0.245 e. The number of hydrogen-bond donors (Lipinski definition) is 1. The van der Waals surface area contributed by atoms with E-state index in [0.29, 0.717) is 19.0 Å². The molecular weight excluding hydrogens is 300 g/mol. The molecule has 128 valence electrons. The van der Waals surface area contributed by atoms with Crippen molar-refractivity contribution in [2.75, 3.05) is 13.1 Å². The molecule has 4 heteroatoms. The van der Waals surface area contributed by atoms with E-state index in [2.05, 4.69) is 31.0 Å². The summed E-state index contributed by atoms with van der Waals surface area (Å²) in [4.78, 5) is 26.2. The predicted molar refractivity (Wildman–Crippen MR) is 94.3 cm³/mol. The van der Waals surface area contributed by atoms with Crippen molar-refractivity contribution in [3.63, 3.8) is 0 Å². The molecule has 0 spiro atoms. The molecule has 1 heterocycles. The van der Waals surface area contributed by atoms with Crippen molar-refractivity contribution in [3.05, 3.63) is 48.0 Å². The lowest BCUT2D eigenvalue weighted by molar-refractivity contribution is -0.132. The van der Waals surface area contributed by atoms with Crippen molar-refractivity contribution in [2.45, 2.75) is 38.6 Å². The van der Waals surface area contributed by atoms with Gasteiger partial charge in [0.1, 0.15) is 0 Å². The number of carbonyl (C=O) groups is 2. The lowest BCUT2D eigenvalue weighted by Gasteiger charge is -2.32. The number of nitrogens with one attached hydrogen (secondary N) is 1. The quantitative estimate of drug-likeness (QED) is 0.846. The molecule has 24 heavy (non-hydrogen) atoms. The Morgan fingerprint density at radius 3 is 2.46 bits per heavy atom. The number of rotatable bonds is 5. The van der Waals surface area contributed by atoms with Gasteiger partial charge in [-0.05, 0) is 55.7 Å². The number of aryl methyl sites for hydroxylation is 1. The van der Waals surface area contributed by atoms with E-state index in [1.54, 1.807) is 4.90 Å². The van der Waals surface area contributed by atoms with Gasteiger partial charge >= 0.3 is 0 Å². The molecule has 0 aromatic heterocycles. The third-order valence-electron chi connectivity index (χ3n) is 5.27. The highest BCUT2D eigenvalue weighted by atomic mass is 16.2. The largest absolute Gasteiger partial charge is 0.349 e. The van der Waals surface area contributed by atoms with Gasteiger partial charge in [-0.1, -0.05) is 30.8 Å². The van der Waals surface area contributed by atoms with Gasteiger partial charge in [0.05, 0.1) is 6.04 Å². The summed E-state index contributed by atoms with van der Waals surface area (Å²) in [5, 5.41) is 3.30. The summed E-state index contributed by atoms with van der Waals surface area (Å²) in [6.07, 6.45) is 5.19. The Labute approximate surface area is 143 Å². The molecule has 2 fully saturated rings. The van der Waals surface area contributed by atoms with E-state index < -0.39 is 0 Å². The van der Waals surface area contributed by atoms with Crippen LogP contribution in [0.5, 0.6) is 0 Å². The molecule has 2 aliphatic rings. The van der Waals surface area contributed by atoms with Crippen LogP contribution in [0.3, 0.4) is 0 Å². The van der Waals surface area contributed by atoms with Crippen LogP contribution in [0.15, 0.2) is 36.9 Å². The molecule has 1 atom stereocenters. The van der Waals surface area contributed by atoms with Crippen molar-refractivity contribution >= 4 is 11.8 Å². The molecule has 1 aliphatic heterocycles. The van der Waals surface area contributed by atoms with Crippen LogP contribution < -0.4 is 5.32 Å². The van der Waals surface area contributed by atoms with E-state index in [4.69, 9.17) is 0 Å². The molecule has 4 nitrogen and oxygen atoms in total. The SMILES string of the molecule is C=CC(=O)N1CCC(C(=O)NC(c2ccccc2C)C2CC2)CC1. The summed E-state index contributed by atoms with van der Waals surface area (Å²) in [5.74, 6) is 0.673. The second-order valence-corrected chi connectivity index (χ2v) is 6.98. The van der Waals surface area contributed by atoms with Crippen LogP contribution in [-0.2, 0) is 9.59 Å². The molecule has 1 aromatic carbocycles. The summed E-state index contributed by atoms with van der Waals surface area (Å²) in [5.41, 5.74) is 2.48. The number of carbonyl (C=O) groups excluding carboxylic acids is 2. The third kappa shape index (κ3) is 3.69. The van der Waals surface area contributed by atoms with Crippen molar-refractivity contribution in [2.24, 2.45) is 11.8 Å². The Balaban J connectivity index is 1.62. The second-order valence-electron chi connectivity index (χ2n) is 6.98. The highest BCUT2D eigenvalue weighted by molar-refractivity contribution is 5.87. The minimum Gasteiger partial charge on any atom is -0.349 e.